The van der Waals surface area contributed by atoms with Gasteiger partial charge in [0.2, 0.25) is 0 Å². The Morgan fingerprint density at radius 1 is 0.714 bits per heavy atom. The summed E-state index contributed by atoms with van der Waals surface area (Å²) in [5.74, 6) is 0. The van der Waals surface area contributed by atoms with E-state index in [1.807, 2.05) is 0 Å². The van der Waals surface area contributed by atoms with Crippen LogP contribution in [-0.4, -0.2) is 66.6 Å². The maximum atomic E-state index is 5.36. The molecule has 0 aromatic rings. The molecule has 0 saturated heterocycles. The van der Waals surface area contributed by atoms with E-state index in [0.717, 1.165) is 22.6 Å². The van der Waals surface area contributed by atoms with Crippen molar-refractivity contribution in [3.05, 3.63) is 4.98 Å². The summed E-state index contributed by atoms with van der Waals surface area (Å²) in [6.07, 6.45) is 2.75. The molecule has 0 bridgehead atoms. The average Bonchev–Trinajstić information content (AvgIpc) is 2.41. The third-order valence-corrected chi connectivity index (χ3v) is 15.2. The Kier molecular flexibility index (Phi) is 15.8. The third kappa shape index (κ3) is 12.4. The zero-order valence-electron chi connectivity index (χ0n) is 21.9. The van der Waals surface area contributed by atoms with Crippen LogP contribution in [0.4, 0.5) is 0 Å². The molecule has 0 aromatic heterocycles. The van der Waals surface area contributed by atoms with E-state index in [0.29, 0.717) is 0 Å². The molecule has 0 unspecified atom stereocenters. The minimum absolute atomic E-state index is 0. The molecule has 0 N–H and O–H groups in total. The molecule has 0 rings (SSSR count). The van der Waals surface area contributed by atoms with Crippen molar-refractivity contribution in [2.24, 2.45) is 0 Å². The Balaban J connectivity index is 0. The molecule has 0 fully saturated rings. The summed E-state index contributed by atoms with van der Waals surface area (Å²) < 4.78 is 2.85. The van der Waals surface area contributed by atoms with E-state index in [2.05, 4.69) is 93.8 Å². The minimum atomic E-state index is -1.76. The minimum Gasteiger partial charge on any atom is -0.647 e. The van der Waals surface area contributed by atoms with Crippen LogP contribution in [0.15, 0.2) is 0 Å². The summed E-state index contributed by atoms with van der Waals surface area (Å²) in [5, 5.41) is 0. The van der Waals surface area contributed by atoms with Crippen LogP contribution in [0.2, 0.25) is 13.1 Å². The Morgan fingerprint density at radius 2 is 1.00 bits per heavy atom. The monoisotopic (exact) mass is 440 g/mol. The SMILES string of the molecule is CC(C)P(CCN(CCP(C(C)C)C(C)C)[Si](C)(C)[N-]C(C)(C)C)C(C)C.[Li+]. The largest absolute Gasteiger partial charge is 1.00 e. The van der Waals surface area contributed by atoms with E-state index in [1.54, 1.807) is 0 Å². The summed E-state index contributed by atoms with van der Waals surface area (Å²) in [6, 6.07) is 0. The van der Waals surface area contributed by atoms with E-state index in [1.165, 1.54) is 25.4 Å². The standard InChI is InChI=1S/C22H51N2P2Si.Li/c1-18(2)25(19(3)4)16-14-24(27(12,13)23-22(9,10)11)15-17-26(20(5)6)21(7)8;/h18-21H,14-17H2,1-13H3;/q-1;+1. The van der Waals surface area contributed by atoms with Gasteiger partial charge in [-0.25, -0.2) is 0 Å². The summed E-state index contributed by atoms with van der Waals surface area (Å²) in [7, 11) is -1.56. The zero-order valence-corrected chi connectivity index (χ0v) is 24.7. The fraction of sp³-hybridized carbons (Fsp3) is 1.00. The molecule has 6 heteroatoms. The van der Waals surface area contributed by atoms with Crippen LogP contribution >= 0.6 is 15.8 Å². The molecule has 0 aliphatic rings. The summed E-state index contributed by atoms with van der Waals surface area (Å²) in [5.41, 5.74) is 3.38. The van der Waals surface area contributed by atoms with Crippen molar-refractivity contribution < 1.29 is 18.9 Å². The van der Waals surface area contributed by atoms with Gasteiger partial charge >= 0.3 is 18.9 Å². The maximum Gasteiger partial charge on any atom is 1.00 e. The van der Waals surface area contributed by atoms with E-state index in [9.17, 15) is 0 Å². The van der Waals surface area contributed by atoms with Crippen molar-refractivity contribution in [2.75, 3.05) is 25.4 Å². The first-order valence-corrected chi connectivity index (χ1v) is 17.3. The molecule has 164 valence electrons. The molecular formula is C22H51LiN2P2Si. The molecule has 0 atom stereocenters. The van der Waals surface area contributed by atoms with Crippen LogP contribution in [0.3, 0.4) is 0 Å². The van der Waals surface area contributed by atoms with Gasteiger partial charge in [-0.05, 0) is 48.0 Å². The van der Waals surface area contributed by atoms with E-state index >= 15 is 0 Å². The van der Waals surface area contributed by atoms with Crippen LogP contribution in [-0.2, 0) is 0 Å². The van der Waals surface area contributed by atoms with Gasteiger partial charge in [-0.3, -0.25) is 0 Å². The Hall–Kier alpha value is 1.59. The predicted molar refractivity (Wildman–Crippen MR) is 136 cm³/mol. The van der Waals surface area contributed by atoms with E-state index in [-0.39, 0.29) is 40.2 Å². The second-order valence-corrected chi connectivity index (χ2v) is 21.5. The van der Waals surface area contributed by atoms with Gasteiger partial charge < -0.3 is 9.55 Å². The fourth-order valence-corrected chi connectivity index (χ4v) is 13.1. The molecule has 2 nitrogen and oxygen atoms in total. The normalized spacial score (nSPS) is 13.7. The molecule has 0 heterocycles. The molecule has 0 aliphatic heterocycles. The van der Waals surface area contributed by atoms with E-state index < -0.39 is 8.40 Å². The molecule has 0 radical (unpaired) electrons. The fourth-order valence-electron chi connectivity index (χ4n) is 4.25. The maximum absolute atomic E-state index is 5.36. The molecule has 0 saturated carbocycles. The molecular weight excluding hydrogens is 389 g/mol. The quantitative estimate of drug-likeness (QED) is 0.316. The van der Waals surface area contributed by atoms with Gasteiger partial charge in [0.05, 0.1) is 0 Å². The number of hydrogen-bond donors (Lipinski definition) is 0. The Labute approximate surface area is 195 Å². The van der Waals surface area contributed by atoms with Crippen molar-refractivity contribution in [1.82, 2.24) is 4.57 Å². The number of nitrogens with zero attached hydrogens (tertiary/aromatic N) is 2. The number of hydrogen-bond acceptors (Lipinski definition) is 1. The first-order chi connectivity index (χ1) is 12.1. The van der Waals surface area contributed by atoms with Gasteiger partial charge in [0, 0.05) is 8.40 Å². The van der Waals surface area contributed by atoms with Crippen LogP contribution in [0.1, 0.15) is 76.2 Å². The first kappa shape index (κ1) is 31.8. The first-order valence-electron chi connectivity index (χ1n) is 11.1. The van der Waals surface area contributed by atoms with Gasteiger partial charge in [0.15, 0.2) is 0 Å². The number of rotatable bonds is 12. The van der Waals surface area contributed by atoms with Crippen molar-refractivity contribution in [2.45, 2.75) is 117 Å². The molecule has 0 spiro atoms. The van der Waals surface area contributed by atoms with Crippen molar-refractivity contribution >= 4 is 24.2 Å². The van der Waals surface area contributed by atoms with Gasteiger partial charge in [0.25, 0.3) is 0 Å². The van der Waals surface area contributed by atoms with Gasteiger partial charge in [-0.15, -0.1) is 21.4 Å². The predicted octanol–water partition coefficient (Wildman–Crippen LogP) is 4.76. The average molecular weight is 441 g/mol. The van der Waals surface area contributed by atoms with Crippen LogP contribution < -0.4 is 18.9 Å². The summed E-state index contributed by atoms with van der Waals surface area (Å²) in [4.78, 5) is 5.36. The van der Waals surface area contributed by atoms with Crippen LogP contribution in [0.25, 0.3) is 4.98 Å². The molecule has 0 aliphatic carbocycles. The summed E-state index contributed by atoms with van der Waals surface area (Å²) in [6.45, 7) is 33.6. The van der Waals surface area contributed by atoms with Crippen molar-refractivity contribution in [3.8, 4) is 0 Å². The second kappa shape index (κ2) is 13.9. The van der Waals surface area contributed by atoms with Crippen LogP contribution in [0, 0.1) is 0 Å². The van der Waals surface area contributed by atoms with E-state index in [4.69, 9.17) is 4.98 Å². The van der Waals surface area contributed by atoms with Crippen molar-refractivity contribution in [3.63, 3.8) is 0 Å². The second-order valence-electron chi connectivity index (χ2n) is 10.6. The third-order valence-electron chi connectivity index (χ3n) is 5.29. The topological polar surface area (TPSA) is 17.3 Å². The molecule has 0 amide bonds. The summed E-state index contributed by atoms with van der Waals surface area (Å²) >= 11 is 0. The van der Waals surface area contributed by atoms with Gasteiger partial charge in [-0.2, -0.15) is 0 Å². The Bertz CT molecular complexity index is 370. The van der Waals surface area contributed by atoms with Crippen LogP contribution in [0.5, 0.6) is 0 Å². The Morgan fingerprint density at radius 3 is 1.21 bits per heavy atom. The van der Waals surface area contributed by atoms with Crippen molar-refractivity contribution in [1.29, 1.82) is 0 Å². The van der Waals surface area contributed by atoms with Gasteiger partial charge in [-0.1, -0.05) is 89.3 Å². The molecule has 28 heavy (non-hydrogen) atoms. The molecule has 0 aromatic carbocycles. The zero-order chi connectivity index (χ0) is 21.6. The van der Waals surface area contributed by atoms with Gasteiger partial charge in [0.1, 0.15) is 0 Å². The smallest absolute Gasteiger partial charge is 0.647 e.